The van der Waals surface area contributed by atoms with Gasteiger partial charge in [0, 0.05) is 13.1 Å². The van der Waals surface area contributed by atoms with Crippen LogP contribution in [0.25, 0.3) is 10.8 Å². The summed E-state index contributed by atoms with van der Waals surface area (Å²) in [5.41, 5.74) is 1.12. The van der Waals surface area contributed by atoms with Crippen LogP contribution in [0.15, 0.2) is 71.2 Å². The molecule has 0 aliphatic rings. The van der Waals surface area contributed by atoms with Gasteiger partial charge in [-0.25, -0.2) is 0 Å². The van der Waals surface area contributed by atoms with Crippen LogP contribution >= 0.6 is 15.9 Å². The van der Waals surface area contributed by atoms with Crippen molar-refractivity contribution in [1.29, 1.82) is 0 Å². The van der Waals surface area contributed by atoms with E-state index < -0.39 is 6.04 Å². The zero-order valence-electron chi connectivity index (χ0n) is 20.1. The maximum Gasteiger partial charge on any atom is 0.261 e. The number of rotatable bonds is 11. The minimum absolute atomic E-state index is 0.121. The normalized spacial score (nSPS) is 11.9. The Kier molecular flexibility index (Phi) is 9.52. The van der Waals surface area contributed by atoms with E-state index in [9.17, 15) is 9.59 Å². The molecule has 1 N–H and O–H groups in total. The number of nitrogens with zero attached hydrogens (tertiary/aromatic N) is 1. The van der Waals surface area contributed by atoms with Crippen molar-refractivity contribution in [3.63, 3.8) is 0 Å². The van der Waals surface area contributed by atoms with Gasteiger partial charge in [0.1, 0.15) is 11.8 Å². The van der Waals surface area contributed by atoms with Crippen LogP contribution < -0.4 is 10.1 Å². The molecular weight excluding hydrogens is 492 g/mol. The number of carbonyl (C=O) groups is 2. The number of ether oxygens (including phenoxy) is 1. The second kappa shape index (κ2) is 12.6. The Hall–Kier alpha value is -2.86. The second-order valence-electron chi connectivity index (χ2n) is 8.77. The Labute approximate surface area is 210 Å². The molecule has 6 heteroatoms. The molecule has 0 aromatic heterocycles. The van der Waals surface area contributed by atoms with Gasteiger partial charge in [0.25, 0.3) is 5.91 Å². The second-order valence-corrected chi connectivity index (χ2v) is 9.57. The third-order valence-corrected chi connectivity index (χ3v) is 6.55. The van der Waals surface area contributed by atoms with Gasteiger partial charge in [0.2, 0.25) is 5.91 Å². The first-order valence-electron chi connectivity index (χ1n) is 11.8. The van der Waals surface area contributed by atoms with Crippen LogP contribution in [0, 0.1) is 5.92 Å². The number of hydrogen-bond donors (Lipinski definition) is 1. The van der Waals surface area contributed by atoms with E-state index in [1.807, 2.05) is 73.7 Å². The number of fused-ring (bicyclic) bond motifs is 1. The molecule has 0 saturated carbocycles. The smallest absolute Gasteiger partial charge is 0.261 e. The quantitative estimate of drug-likeness (QED) is 0.355. The molecule has 1 atom stereocenters. The largest absolute Gasteiger partial charge is 0.483 e. The molecule has 0 heterocycles. The number of halogens is 1. The summed E-state index contributed by atoms with van der Waals surface area (Å²) in [5, 5.41) is 5.10. The van der Waals surface area contributed by atoms with Crippen LogP contribution in [-0.2, 0) is 16.0 Å². The summed E-state index contributed by atoms with van der Waals surface area (Å²) in [4.78, 5) is 28.0. The Morgan fingerprint density at radius 3 is 2.41 bits per heavy atom. The van der Waals surface area contributed by atoms with Crippen molar-refractivity contribution in [3.05, 3.63) is 76.8 Å². The van der Waals surface area contributed by atoms with Crippen LogP contribution in [0.3, 0.4) is 0 Å². The van der Waals surface area contributed by atoms with E-state index in [0.29, 0.717) is 37.6 Å². The molecule has 3 aromatic carbocycles. The van der Waals surface area contributed by atoms with Gasteiger partial charge in [-0.15, -0.1) is 0 Å². The molecule has 3 rings (SSSR count). The fourth-order valence-electron chi connectivity index (χ4n) is 3.87. The van der Waals surface area contributed by atoms with E-state index in [1.165, 1.54) is 0 Å². The van der Waals surface area contributed by atoms with Crippen molar-refractivity contribution in [2.75, 3.05) is 19.7 Å². The highest BCUT2D eigenvalue weighted by Crippen LogP contribution is 2.33. The lowest BCUT2D eigenvalue weighted by atomic mass is 10.1. The Bertz CT molecular complexity index is 1100. The highest BCUT2D eigenvalue weighted by molar-refractivity contribution is 9.10. The average molecular weight is 525 g/mol. The molecule has 0 fully saturated rings. The summed E-state index contributed by atoms with van der Waals surface area (Å²) >= 11 is 3.62. The monoisotopic (exact) mass is 524 g/mol. The molecule has 2 amide bonds. The Morgan fingerprint density at radius 2 is 1.71 bits per heavy atom. The van der Waals surface area contributed by atoms with Gasteiger partial charge in [-0.1, -0.05) is 81.4 Å². The summed E-state index contributed by atoms with van der Waals surface area (Å²) in [6, 6.07) is 21.3. The molecule has 3 aromatic rings. The van der Waals surface area contributed by atoms with Gasteiger partial charge >= 0.3 is 0 Å². The van der Waals surface area contributed by atoms with Crippen molar-refractivity contribution in [3.8, 4) is 5.75 Å². The number of carbonyl (C=O) groups excluding carboxylic acids is 2. The van der Waals surface area contributed by atoms with E-state index in [-0.39, 0.29) is 18.4 Å². The van der Waals surface area contributed by atoms with Gasteiger partial charge in [-0.2, -0.15) is 0 Å². The third-order valence-electron chi connectivity index (χ3n) is 5.73. The highest BCUT2D eigenvalue weighted by atomic mass is 79.9. The van der Waals surface area contributed by atoms with Crippen LogP contribution in [0.1, 0.15) is 32.8 Å². The number of nitrogens with one attached hydrogen (secondary N) is 1. The molecule has 5 nitrogen and oxygen atoms in total. The van der Waals surface area contributed by atoms with Crippen molar-refractivity contribution >= 4 is 38.5 Å². The lowest BCUT2D eigenvalue weighted by Gasteiger charge is -2.31. The van der Waals surface area contributed by atoms with Crippen LogP contribution in [0.2, 0.25) is 0 Å². The molecule has 0 spiro atoms. The number of benzene rings is 3. The van der Waals surface area contributed by atoms with E-state index in [0.717, 1.165) is 20.8 Å². The minimum atomic E-state index is -0.543. The Morgan fingerprint density at radius 1 is 1.00 bits per heavy atom. The van der Waals surface area contributed by atoms with E-state index in [2.05, 4.69) is 35.1 Å². The van der Waals surface area contributed by atoms with Crippen molar-refractivity contribution < 1.29 is 14.3 Å². The Balaban J connectivity index is 1.76. The predicted molar refractivity (Wildman–Crippen MR) is 141 cm³/mol. The standard InChI is InChI=1S/C28H33BrN2O3/c1-4-24(28(33)30-18-20(2)3)31(17-16-21-10-6-5-7-11-21)26(32)19-34-25-15-14-22-12-8-9-13-23(22)27(25)29/h5-15,20,24H,4,16-19H2,1-3H3,(H,30,33). The summed E-state index contributed by atoms with van der Waals surface area (Å²) in [7, 11) is 0. The number of hydrogen-bond acceptors (Lipinski definition) is 3. The topological polar surface area (TPSA) is 58.6 Å². The summed E-state index contributed by atoms with van der Waals surface area (Å²) < 4.78 is 6.76. The van der Waals surface area contributed by atoms with Crippen LogP contribution in [0.4, 0.5) is 0 Å². The first-order valence-corrected chi connectivity index (χ1v) is 12.6. The van der Waals surface area contributed by atoms with Gasteiger partial charge in [0.05, 0.1) is 4.47 Å². The molecule has 0 saturated heterocycles. The molecular formula is C28H33BrN2O3. The van der Waals surface area contributed by atoms with Crippen molar-refractivity contribution in [1.82, 2.24) is 10.2 Å². The first kappa shape index (κ1) is 25.8. The molecule has 34 heavy (non-hydrogen) atoms. The molecule has 0 aliphatic heterocycles. The van der Waals surface area contributed by atoms with Gasteiger partial charge in [-0.05, 0) is 57.1 Å². The third kappa shape index (κ3) is 6.83. The highest BCUT2D eigenvalue weighted by Gasteiger charge is 2.28. The molecule has 180 valence electrons. The minimum Gasteiger partial charge on any atom is -0.483 e. The number of amides is 2. The van der Waals surface area contributed by atoms with E-state index >= 15 is 0 Å². The SMILES string of the molecule is CCC(C(=O)NCC(C)C)N(CCc1ccccc1)C(=O)COc1ccc2ccccc2c1Br. The van der Waals surface area contributed by atoms with Crippen molar-refractivity contribution in [2.24, 2.45) is 5.92 Å². The molecule has 0 bridgehead atoms. The van der Waals surface area contributed by atoms with Gasteiger partial charge < -0.3 is 15.0 Å². The molecule has 0 aliphatic carbocycles. The fourth-order valence-corrected chi connectivity index (χ4v) is 4.47. The van der Waals surface area contributed by atoms with E-state index in [4.69, 9.17) is 4.74 Å². The fraction of sp³-hybridized carbons (Fsp3) is 0.357. The summed E-state index contributed by atoms with van der Waals surface area (Å²) in [6.07, 6.45) is 1.20. The zero-order chi connectivity index (χ0) is 24.5. The molecule has 0 radical (unpaired) electrons. The average Bonchev–Trinajstić information content (AvgIpc) is 2.85. The maximum atomic E-state index is 13.4. The lowest BCUT2D eigenvalue weighted by Crippen LogP contribution is -2.51. The summed E-state index contributed by atoms with van der Waals surface area (Å²) in [5.74, 6) is 0.614. The predicted octanol–water partition coefficient (Wildman–Crippen LogP) is 5.60. The summed E-state index contributed by atoms with van der Waals surface area (Å²) in [6.45, 7) is 6.92. The van der Waals surface area contributed by atoms with E-state index in [1.54, 1.807) is 4.90 Å². The molecule has 1 unspecified atom stereocenters. The van der Waals surface area contributed by atoms with Crippen molar-refractivity contribution in [2.45, 2.75) is 39.7 Å². The maximum absolute atomic E-state index is 13.4. The zero-order valence-corrected chi connectivity index (χ0v) is 21.7. The first-order chi connectivity index (χ1) is 16.4. The van der Waals surface area contributed by atoms with Crippen LogP contribution in [0.5, 0.6) is 5.75 Å². The van der Waals surface area contributed by atoms with Gasteiger partial charge in [-0.3, -0.25) is 9.59 Å². The lowest BCUT2D eigenvalue weighted by molar-refractivity contribution is -0.142. The van der Waals surface area contributed by atoms with Gasteiger partial charge in [0.15, 0.2) is 6.61 Å². The van der Waals surface area contributed by atoms with Crippen LogP contribution in [-0.4, -0.2) is 42.5 Å².